The van der Waals surface area contributed by atoms with Gasteiger partial charge >= 0.3 is 0 Å². The number of amides is 1. The van der Waals surface area contributed by atoms with Gasteiger partial charge in [-0.15, -0.1) is 0 Å². The minimum Gasteiger partial charge on any atom is -0.318 e. The highest BCUT2D eigenvalue weighted by Crippen LogP contribution is 2.29. The van der Waals surface area contributed by atoms with Crippen molar-refractivity contribution in [3.8, 4) is 0 Å². The minimum absolute atomic E-state index is 0.196. The Bertz CT molecular complexity index is 962. The summed E-state index contributed by atoms with van der Waals surface area (Å²) in [5.41, 5.74) is 0.948. The average Bonchev–Trinajstić information content (AvgIpc) is 2.75. The van der Waals surface area contributed by atoms with Gasteiger partial charge < -0.3 is 4.57 Å². The maximum atomic E-state index is 13.2. The lowest BCUT2D eigenvalue weighted by Gasteiger charge is -1.99. The fourth-order valence-electron chi connectivity index (χ4n) is 2.08. The maximum absolute atomic E-state index is 13.2. The number of carbonyl (C=O) groups excluding carboxylic acids is 1. The number of hydrogen-bond donors (Lipinski definition) is 0. The van der Waals surface area contributed by atoms with Crippen LogP contribution in [0.4, 0.5) is 4.39 Å². The van der Waals surface area contributed by atoms with Crippen LogP contribution in [-0.2, 0) is 7.05 Å². The van der Waals surface area contributed by atoms with Crippen LogP contribution in [0.1, 0.15) is 10.4 Å². The number of halogens is 3. The molecule has 0 radical (unpaired) electrons. The van der Waals surface area contributed by atoms with Gasteiger partial charge in [0.2, 0.25) is 0 Å². The predicted molar refractivity (Wildman–Crippen MR) is 87.1 cm³/mol. The molecule has 0 fully saturated rings. The van der Waals surface area contributed by atoms with Gasteiger partial charge in [-0.25, -0.2) is 4.39 Å². The molecule has 7 heteroatoms. The number of thiazole rings is 1. The summed E-state index contributed by atoms with van der Waals surface area (Å²) >= 11 is 13.5. The van der Waals surface area contributed by atoms with Crippen molar-refractivity contribution in [1.82, 2.24) is 4.57 Å². The van der Waals surface area contributed by atoms with Gasteiger partial charge in [-0.3, -0.25) is 4.79 Å². The molecule has 0 aliphatic carbocycles. The van der Waals surface area contributed by atoms with Gasteiger partial charge in [0, 0.05) is 17.6 Å². The molecule has 0 saturated heterocycles. The first-order valence-electron chi connectivity index (χ1n) is 6.25. The largest absolute Gasteiger partial charge is 0.318 e. The number of aryl methyl sites for hydroxylation is 1. The van der Waals surface area contributed by atoms with Gasteiger partial charge in [-0.05, 0) is 30.3 Å². The first-order chi connectivity index (χ1) is 10.5. The van der Waals surface area contributed by atoms with E-state index in [1.807, 2.05) is 0 Å². The molecule has 0 aliphatic heterocycles. The van der Waals surface area contributed by atoms with E-state index in [4.69, 9.17) is 23.2 Å². The number of carbonyl (C=O) groups is 1. The highest BCUT2D eigenvalue weighted by Gasteiger charge is 2.11. The molecule has 0 spiro atoms. The second-order valence-corrected chi connectivity index (χ2v) is 6.46. The van der Waals surface area contributed by atoms with Gasteiger partial charge in [-0.1, -0.05) is 40.6 Å². The monoisotopic (exact) mass is 354 g/mol. The second-order valence-electron chi connectivity index (χ2n) is 4.61. The van der Waals surface area contributed by atoms with Crippen LogP contribution in [0.2, 0.25) is 10.0 Å². The van der Waals surface area contributed by atoms with E-state index in [2.05, 4.69) is 4.99 Å². The van der Waals surface area contributed by atoms with Crippen LogP contribution in [0.15, 0.2) is 41.4 Å². The summed E-state index contributed by atoms with van der Waals surface area (Å²) in [7, 11) is 1.76. The van der Waals surface area contributed by atoms with E-state index in [9.17, 15) is 9.18 Å². The van der Waals surface area contributed by atoms with Gasteiger partial charge in [0.15, 0.2) is 4.80 Å². The summed E-state index contributed by atoms with van der Waals surface area (Å²) < 4.78 is 15.7. The lowest BCUT2D eigenvalue weighted by atomic mass is 10.2. The molecule has 0 aliphatic rings. The Morgan fingerprint density at radius 1 is 1.27 bits per heavy atom. The first-order valence-corrected chi connectivity index (χ1v) is 7.82. The molecule has 0 unspecified atom stereocenters. The lowest BCUT2D eigenvalue weighted by molar-refractivity contribution is 0.0997. The SMILES string of the molecule is Cn1c(=NC(=O)c2cccc(F)c2)sc2cc(Cl)cc(Cl)c21. The summed E-state index contributed by atoms with van der Waals surface area (Å²) in [6.45, 7) is 0. The molecular weight excluding hydrogens is 346 g/mol. The molecule has 0 bridgehead atoms. The van der Waals surface area contributed by atoms with E-state index in [0.29, 0.717) is 14.8 Å². The van der Waals surface area contributed by atoms with Crippen molar-refractivity contribution < 1.29 is 9.18 Å². The summed E-state index contributed by atoms with van der Waals surface area (Å²) in [6, 6.07) is 8.82. The normalized spacial score (nSPS) is 12.1. The number of nitrogens with zero attached hydrogens (tertiary/aromatic N) is 2. The van der Waals surface area contributed by atoms with Crippen molar-refractivity contribution in [2.45, 2.75) is 0 Å². The third-order valence-corrected chi connectivity index (χ3v) is 4.67. The van der Waals surface area contributed by atoms with E-state index >= 15 is 0 Å². The Balaban J connectivity index is 2.16. The summed E-state index contributed by atoms with van der Waals surface area (Å²) in [4.78, 5) is 16.7. The van der Waals surface area contributed by atoms with E-state index in [1.54, 1.807) is 23.7 Å². The number of aromatic nitrogens is 1. The van der Waals surface area contributed by atoms with Crippen LogP contribution < -0.4 is 4.80 Å². The predicted octanol–water partition coefficient (Wildman–Crippen LogP) is 4.43. The second kappa shape index (κ2) is 5.83. The molecule has 1 aromatic heterocycles. The van der Waals surface area contributed by atoms with Crippen molar-refractivity contribution in [3.63, 3.8) is 0 Å². The number of fused-ring (bicyclic) bond motifs is 1. The third kappa shape index (κ3) is 2.79. The molecule has 1 heterocycles. The average molecular weight is 355 g/mol. The Morgan fingerprint density at radius 3 is 2.77 bits per heavy atom. The van der Waals surface area contributed by atoms with Crippen molar-refractivity contribution in [2.75, 3.05) is 0 Å². The van der Waals surface area contributed by atoms with Crippen molar-refractivity contribution in [3.05, 3.63) is 62.6 Å². The Labute approximate surface area is 139 Å². The molecule has 3 nitrogen and oxygen atoms in total. The molecule has 2 aromatic carbocycles. The van der Waals surface area contributed by atoms with Crippen LogP contribution in [0, 0.1) is 5.82 Å². The van der Waals surface area contributed by atoms with Crippen molar-refractivity contribution >= 4 is 50.7 Å². The summed E-state index contributed by atoms with van der Waals surface area (Å²) in [6.07, 6.45) is 0. The van der Waals surface area contributed by atoms with Gasteiger partial charge in [0.05, 0.1) is 15.2 Å². The topological polar surface area (TPSA) is 34.4 Å². The summed E-state index contributed by atoms with van der Waals surface area (Å²) in [5, 5.41) is 1.00. The molecule has 0 atom stereocenters. The maximum Gasteiger partial charge on any atom is 0.279 e. The zero-order valence-corrected chi connectivity index (χ0v) is 13.6. The first kappa shape index (κ1) is 15.2. The zero-order valence-electron chi connectivity index (χ0n) is 11.3. The van der Waals surface area contributed by atoms with E-state index in [1.165, 1.54) is 29.5 Å². The molecular formula is C15H9Cl2FN2OS. The summed E-state index contributed by atoms with van der Waals surface area (Å²) in [5.74, 6) is -0.986. The Hall–Kier alpha value is -1.69. The highest BCUT2D eigenvalue weighted by molar-refractivity contribution is 7.16. The third-order valence-electron chi connectivity index (χ3n) is 3.09. The molecule has 112 valence electrons. The smallest absolute Gasteiger partial charge is 0.279 e. The molecule has 0 saturated carbocycles. The highest BCUT2D eigenvalue weighted by atomic mass is 35.5. The van der Waals surface area contributed by atoms with Crippen molar-refractivity contribution in [1.29, 1.82) is 0 Å². The quantitative estimate of drug-likeness (QED) is 0.636. The fraction of sp³-hybridized carbons (Fsp3) is 0.0667. The molecule has 3 rings (SSSR count). The lowest BCUT2D eigenvalue weighted by Crippen LogP contribution is -2.13. The zero-order chi connectivity index (χ0) is 15.9. The molecule has 1 amide bonds. The van der Waals surface area contributed by atoms with E-state index < -0.39 is 11.7 Å². The minimum atomic E-state index is -0.510. The molecule has 3 aromatic rings. The van der Waals surface area contributed by atoms with Gasteiger partial charge in [0.1, 0.15) is 5.82 Å². The van der Waals surface area contributed by atoms with Crippen LogP contribution in [-0.4, -0.2) is 10.5 Å². The van der Waals surface area contributed by atoms with E-state index in [0.717, 1.165) is 16.3 Å². The van der Waals surface area contributed by atoms with E-state index in [-0.39, 0.29) is 5.56 Å². The van der Waals surface area contributed by atoms with Crippen molar-refractivity contribution in [2.24, 2.45) is 12.0 Å². The van der Waals surface area contributed by atoms with Crippen LogP contribution >= 0.6 is 34.5 Å². The number of hydrogen-bond acceptors (Lipinski definition) is 2. The Morgan fingerprint density at radius 2 is 2.05 bits per heavy atom. The van der Waals surface area contributed by atoms with Crippen LogP contribution in [0.5, 0.6) is 0 Å². The van der Waals surface area contributed by atoms with Crippen LogP contribution in [0.25, 0.3) is 10.2 Å². The number of rotatable bonds is 1. The van der Waals surface area contributed by atoms with Gasteiger partial charge in [0.25, 0.3) is 5.91 Å². The van der Waals surface area contributed by atoms with Crippen LogP contribution in [0.3, 0.4) is 0 Å². The molecule has 22 heavy (non-hydrogen) atoms. The Kier molecular flexibility index (Phi) is 4.04. The number of benzene rings is 2. The fourth-order valence-corrected chi connectivity index (χ4v) is 3.90. The van der Waals surface area contributed by atoms with Gasteiger partial charge in [-0.2, -0.15) is 4.99 Å². The standard InChI is InChI=1S/C15H9Cl2FN2OS/c1-20-13-11(17)6-9(16)7-12(13)22-15(20)19-14(21)8-3-2-4-10(18)5-8/h2-7H,1H3. The molecule has 0 N–H and O–H groups in total.